The van der Waals surface area contributed by atoms with Crippen molar-refractivity contribution in [3.63, 3.8) is 0 Å². The summed E-state index contributed by atoms with van der Waals surface area (Å²) in [6.45, 7) is 12.4. The van der Waals surface area contributed by atoms with Gasteiger partial charge in [0.25, 0.3) is 11.8 Å². The molecule has 5 aliphatic rings. The molecule has 1 unspecified atom stereocenters. The number of carbonyl (C=O) groups is 5. The summed E-state index contributed by atoms with van der Waals surface area (Å²) in [5.41, 5.74) is 6.70. The summed E-state index contributed by atoms with van der Waals surface area (Å²) >= 11 is 13.3. The Balaban J connectivity index is 0.515. The van der Waals surface area contributed by atoms with Crippen LogP contribution in [0.2, 0.25) is 10.0 Å². The fourth-order valence-electron chi connectivity index (χ4n) is 14.0. The monoisotopic (exact) mass is 1390 g/mol. The van der Waals surface area contributed by atoms with E-state index < -0.39 is 29.7 Å². The zero-order valence-electron chi connectivity index (χ0n) is 56.3. The molecule has 5 aliphatic heterocycles. The highest BCUT2D eigenvalue weighted by Gasteiger charge is 2.40. The van der Waals surface area contributed by atoms with E-state index in [0.717, 1.165) is 103 Å². The van der Waals surface area contributed by atoms with E-state index in [-0.39, 0.29) is 62.4 Å². The van der Waals surface area contributed by atoms with Crippen molar-refractivity contribution >= 4 is 80.8 Å². The van der Waals surface area contributed by atoms with Gasteiger partial charge in [-0.1, -0.05) is 130 Å². The molecule has 5 aromatic rings. The number of aryl methyl sites for hydroxylation is 1. The van der Waals surface area contributed by atoms with Gasteiger partial charge in [0.05, 0.1) is 82.0 Å². The second-order valence-corrected chi connectivity index (χ2v) is 26.9. The summed E-state index contributed by atoms with van der Waals surface area (Å²) in [6.07, 6.45) is 18.6. The van der Waals surface area contributed by atoms with Gasteiger partial charge in [0, 0.05) is 97.8 Å². The smallest absolute Gasteiger partial charge is 0.319 e. The average molecular weight is 1390 g/mol. The molecule has 3 saturated heterocycles. The van der Waals surface area contributed by atoms with E-state index in [4.69, 9.17) is 56.9 Å². The normalized spacial score (nSPS) is 17.9. The van der Waals surface area contributed by atoms with Crippen LogP contribution in [-0.4, -0.2) is 171 Å². The summed E-state index contributed by atoms with van der Waals surface area (Å²) in [5.74, 6) is -2.11. The van der Waals surface area contributed by atoms with Crippen molar-refractivity contribution in [1.82, 2.24) is 35.3 Å². The van der Waals surface area contributed by atoms with Crippen LogP contribution >= 0.6 is 23.2 Å². The predicted molar refractivity (Wildman–Crippen MR) is 376 cm³/mol. The van der Waals surface area contributed by atoms with Crippen molar-refractivity contribution in [2.75, 3.05) is 114 Å². The van der Waals surface area contributed by atoms with Crippen molar-refractivity contribution in [1.29, 1.82) is 5.26 Å². The molecule has 4 aromatic carbocycles. The maximum Gasteiger partial charge on any atom is 0.319 e. The molecule has 98 heavy (non-hydrogen) atoms. The molecule has 0 aliphatic carbocycles. The molecule has 526 valence electrons. The summed E-state index contributed by atoms with van der Waals surface area (Å²) in [4.78, 5) is 82.5. The number of fused-ring (bicyclic) bond motifs is 3. The highest BCUT2D eigenvalue weighted by molar-refractivity contribution is 6.36. The molecule has 1 aromatic heterocycles. The maximum absolute atomic E-state index is 14.1. The Bertz CT molecular complexity index is 3590. The van der Waals surface area contributed by atoms with Gasteiger partial charge in [-0.25, -0.2) is 9.18 Å². The van der Waals surface area contributed by atoms with Crippen molar-refractivity contribution in [3.05, 3.63) is 129 Å². The molecule has 0 spiro atoms. The number of piperazine rings is 1. The predicted octanol–water partition coefficient (Wildman–Crippen LogP) is 11.8. The Hall–Kier alpha value is -7.49. The molecule has 0 radical (unpaired) electrons. The molecule has 24 heteroatoms. The fraction of sp³-hybridized carbons (Fsp3) is 0.541. The molecule has 3 N–H and O–H groups in total. The number of imide groups is 1. The summed E-state index contributed by atoms with van der Waals surface area (Å²) in [7, 11) is 0. The number of carbonyl (C=O) groups excluding carboxylic acids is 5. The summed E-state index contributed by atoms with van der Waals surface area (Å²) < 4.78 is 43.9. The summed E-state index contributed by atoms with van der Waals surface area (Å²) in [5, 5.41) is 21.1. The second-order valence-electron chi connectivity index (χ2n) is 26.0. The molecule has 10 rings (SSSR count). The minimum absolute atomic E-state index is 0.0419. The highest BCUT2D eigenvalue weighted by atomic mass is 35.5. The Morgan fingerprint density at radius 3 is 2.15 bits per heavy atom. The van der Waals surface area contributed by atoms with Gasteiger partial charge in [-0.3, -0.25) is 29.4 Å². The molecular weight excluding hydrogens is 1290 g/mol. The van der Waals surface area contributed by atoms with E-state index in [1.54, 1.807) is 18.2 Å². The van der Waals surface area contributed by atoms with Crippen LogP contribution < -0.4 is 30.5 Å². The first-order chi connectivity index (χ1) is 47.8. The lowest BCUT2D eigenvalue weighted by molar-refractivity contribution is -0.137. The molecule has 3 fully saturated rings. The topological polar surface area (TPSA) is 233 Å². The van der Waals surface area contributed by atoms with E-state index in [9.17, 15) is 33.6 Å². The Morgan fingerprint density at radius 1 is 0.724 bits per heavy atom. The number of hydrogen-bond acceptors (Lipinski definition) is 16. The van der Waals surface area contributed by atoms with Crippen molar-refractivity contribution in [2.24, 2.45) is 0 Å². The highest BCUT2D eigenvalue weighted by Crippen LogP contribution is 2.38. The molecule has 6 heterocycles. The number of amides is 6. The van der Waals surface area contributed by atoms with Gasteiger partial charge in [-0.05, 0) is 110 Å². The van der Waals surface area contributed by atoms with E-state index in [1.165, 1.54) is 67.6 Å². The number of anilines is 3. The number of ether oxygens (including phenoxy) is 5. The Morgan fingerprint density at radius 2 is 1.43 bits per heavy atom. The first-order valence-electron chi connectivity index (χ1n) is 35.2. The van der Waals surface area contributed by atoms with Crippen LogP contribution in [0.5, 0.6) is 6.01 Å². The Labute approximate surface area is 585 Å². The quantitative estimate of drug-likeness (QED) is 0.0189. The summed E-state index contributed by atoms with van der Waals surface area (Å²) in [6, 6.07) is 24.2. The Kier molecular flexibility index (Phi) is 28.1. The van der Waals surface area contributed by atoms with Crippen LogP contribution in [0.1, 0.15) is 147 Å². The lowest BCUT2D eigenvalue weighted by Gasteiger charge is -2.42. The van der Waals surface area contributed by atoms with Crippen LogP contribution in [0, 0.1) is 11.3 Å². The van der Waals surface area contributed by atoms with E-state index in [0.29, 0.717) is 119 Å². The number of rotatable bonds is 38. The van der Waals surface area contributed by atoms with Crippen LogP contribution in [0.25, 0.3) is 10.8 Å². The van der Waals surface area contributed by atoms with Crippen LogP contribution in [-0.2, 0) is 65.8 Å². The SMILES string of the molecule is C=C(F)C(=O)N1CCN(c2nc(OC[C@@H]3CCCN3CCOCCOCCOCCOCCCCCCCCCCCCCCc3cc(Cl)cc(NC(=O)NCc4ccc5c(c4)CN(C4CCC(=O)NC4=O)C5=O)c3)nc3c2CCN(c2cccc4cccc(Cl)c24)C3)C[C@@H]1CC#N. The lowest BCUT2D eigenvalue weighted by atomic mass is 10.0. The minimum Gasteiger partial charge on any atom is -0.462 e. The number of aromatic nitrogens is 2. The molecule has 21 nitrogen and oxygen atoms in total. The van der Waals surface area contributed by atoms with Crippen molar-refractivity contribution in [3.8, 4) is 12.1 Å². The number of nitrogens with one attached hydrogen (secondary N) is 3. The number of urea groups is 1. The van der Waals surface area contributed by atoms with Gasteiger partial charge >= 0.3 is 12.0 Å². The second kappa shape index (κ2) is 37.6. The number of halogens is 3. The zero-order valence-corrected chi connectivity index (χ0v) is 57.8. The van der Waals surface area contributed by atoms with Gasteiger partial charge in [-0.15, -0.1) is 0 Å². The standard InChI is InChI=1S/C74H94Cl2FN11O10/c1-52(77)71(91)87-33-32-86(49-59(87)27-29-78)69-62-28-31-85(65-22-15-19-55-18-14-21-63(76)68(55)65)50-64(62)81-74(83-69)98-51-60-20-16-30-84(60)34-36-95-38-40-97-42-41-96-39-37-94-35-13-11-9-7-5-3-2-4-6-8-10-12-17-53-44-57(75)46-58(45-53)80-73(93)79-47-54-23-24-61-56(43-54)48-88(72(61)92)66-25-26-67(89)82-70(66)90/h14-15,18-19,21-24,43-46,59-60,66H,1-13,16-17,20,25-28,30-42,47-51H2,(H2,79,80,93)(H,82,89,90)/t59-,60-,66?/m0/s1. The van der Waals surface area contributed by atoms with E-state index >= 15 is 0 Å². The van der Waals surface area contributed by atoms with Gasteiger partial charge in [0.15, 0.2) is 5.83 Å². The number of hydrogen-bond donors (Lipinski definition) is 3. The number of nitrogens with zero attached hydrogens (tertiary/aromatic N) is 8. The largest absolute Gasteiger partial charge is 0.462 e. The molecule has 6 amide bonds. The molecule has 0 bridgehead atoms. The minimum atomic E-state index is -1.04. The first kappa shape index (κ1) is 73.2. The number of unbranched alkanes of at least 4 members (excludes halogenated alkanes) is 11. The molecule has 3 atom stereocenters. The van der Waals surface area contributed by atoms with Crippen molar-refractivity contribution in [2.45, 2.75) is 160 Å². The van der Waals surface area contributed by atoms with Gasteiger partial charge in [0.2, 0.25) is 11.8 Å². The maximum atomic E-state index is 14.1. The van der Waals surface area contributed by atoms with E-state index in [1.807, 2.05) is 36.4 Å². The van der Waals surface area contributed by atoms with Crippen LogP contribution in [0.4, 0.5) is 26.4 Å². The van der Waals surface area contributed by atoms with Crippen molar-refractivity contribution < 1.29 is 52.0 Å². The third kappa shape index (κ3) is 20.8. The third-order valence-electron chi connectivity index (χ3n) is 19.1. The number of nitriles is 1. The van der Waals surface area contributed by atoms with Gasteiger partial charge < -0.3 is 53.9 Å². The van der Waals surface area contributed by atoms with Crippen LogP contribution in [0.3, 0.4) is 0 Å². The van der Waals surface area contributed by atoms with Gasteiger partial charge in [-0.2, -0.15) is 15.2 Å². The number of piperidine rings is 1. The lowest BCUT2D eigenvalue weighted by Crippen LogP contribution is -2.55. The third-order valence-corrected chi connectivity index (χ3v) is 19.6. The fourth-order valence-corrected chi connectivity index (χ4v) is 14.5. The number of likely N-dealkylation sites (tertiary alicyclic amines) is 1. The average Bonchev–Trinajstić information content (AvgIpc) is 0.915. The van der Waals surface area contributed by atoms with Gasteiger partial charge in [0.1, 0.15) is 18.5 Å². The molecular formula is C74H94Cl2FN11O10. The van der Waals surface area contributed by atoms with E-state index in [2.05, 4.69) is 61.5 Å². The van der Waals surface area contributed by atoms with Crippen LogP contribution in [0.15, 0.2) is 85.2 Å². The number of benzene rings is 4. The first-order valence-corrected chi connectivity index (χ1v) is 35.9. The zero-order chi connectivity index (χ0) is 68.6. The molecule has 0 saturated carbocycles.